The van der Waals surface area contributed by atoms with E-state index in [9.17, 15) is 14.4 Å². The van der Waals surface area contributed by atoms with E-state index in [1.54, 1.807) is 38.4 Å². The van der Waals surface area contributed by atoms with Gasteiger partial charge < -0.3 is 14.7 Å². The molecule has 2 aromatic rings. The third-order valence-corrected chi connectivity index (χ3v) is 5.15. The molecule has 3 rings (SSSR count). The van der Waals surface area contributed by atoms with E-state index in [2.05, 4.69) is 11.9 Å². The molecule has 0 bridgehead atoms. The van der Waals surface area contributed by atoms with E-state index in [0.717, 1.165) is 12.8 Å². The highest BCUT2D eigenvalue weighted by atomic mass is 16.2. The molecular weight excluding hydrogens is 358 g/mol. The van der Waals surface area contributed by atoms with Crippen molar-refractivity contribution >= 4 is 23.2 Å². The summed E-state index contributed by atoms with van der Waals surface area (Å²) >= 11 is 0. The van der Waals surface area contributed by atoms with Crippen LogP contribution in [0, 0.1) is 0 Å². The largest absolute Gasteiger partial charge is 0.340 e. The SMILES string of the molecule is CCCCN(C)C(=O)c1nc(C(=O)N2CCN(C(C)=O)CC2)n2ccccc12. The monoisotopic (exact) mass is 385 g/mol. The average molecular weight is 385 g/mol. The van der Waals surface area contributed by atoms with Gasteiger partial charge in [0.2, 0.25) is 11.7 Å². The number of hydrogen-bond donors (Lipinski definition) is 0. The van der Waals surface area contributed by atoms with Crippen molar-refractivity contribution < 1.29 is 14.4 Å². The Morgan fingerprint density at radius 3 is 2.43 bits per heavy atom. The van der Waals surface area contributed by atoms with Gasteiger partial charge in [-0.1, -0.05) is 19.4 Å². The zero-order valence-electron chi connectivity index (χ0n) is 16.7. The fourth-order valence-electron chi connectivity index (χ4n) is 3.39. The number of carbonyl (C=O) groups is 3. The lowest BCUT2D eigenvalue weighted by molar-refractivity contribution is -0.130. The molecule has 28 heavy (non-hydrogen) atoms. The Morgan fingerprint density at radius 1 is 1.11 bits per heavy atom. The van der Waals surface area contributed by atoms with Crippen LogP contribution in [0.2, 0.25) is 0 Å². The molecule has 0 saturated carbocycles. The van der Waals surface area contributed by atoms with E-state index < -0.39 is 0 Å². The number of rotatable bonds is 5. The minimum absolute atomic E-state index is 0.0151. The second-order valence-corrected chi connectivity index (χ2v) is 7.12. The zero-order valence-corrected chi connectivity index (χ0v) is 16.7. The Hall–Kier alpha value is -2.90. The first-order valence-corrected chi connectivity index (χ1v) is 9.71. The number of imidazole rings is 1. The van der Waals surface area contributed by atoms with Crippen molar-refractivity contribution in [1.82, 2.24) is 24.1 Å². The third-order valence-electron chi connectivity index (χ3n) is 5.15. The van der Waals surface area contributed by atoms with Crippen LogP contribution in [0.1, 0.15) is 47.8 Å². The normalized spacial score (nSPS) is 14.4. The van der Waals surface area contributed by atoms with Crippen LogP contribution >= 0.6 is 0 Å². The molecule has 1 aliphatic heterocycles. The smallest absolute Gasteiger partial charge is 0.290 e. The number of unbranched alkanes of at least 4 members (excludes halogenated alkanes) is 1. The molecule has 0 aromatic carbocycles. The highest BCUT2D eigenvalue weighted by molar-refractivity contribution is 6.02. The van der Waals surface area contributed by atoms with Crippen molar-refractivity contribution in [2.75, 3.05) is 39.8 Å². The standard InChI is InChI=1S/C20H27N5O3/c1-4-5-9-22(3)19(27)17-16-8-6-7-10-25(16)18(21-17)20(28)24-13-11-23(12-14-24)15(2)26/h6-8,10H,4-5,9,11-14H2,1-3H3. The maximum absolute atomic E-state index is 13.1. The first-order chi connectivity index (χ1) is 13.4. The molecule has 0 spiro atoms. The van der Waals surface area contributed by atoms with Crippen molar-refractivity contribution in [1.29, 1.82) is 0 Å². The van der Waals surface area contributed by atoms with Crippen LogP contribution in [0.3, 0.4) is 0 Å². The van der Waals surface area contributed by atoms with Gasteiger partial charge in [0.1, 0.15) is 0 Å². The highest BCUT2D eigenvalue weighted by Gasteiger charge is 2.29. The number of carbonyl (C=O) groups excluding carboxylic acids is 3. The molecule has 3 amide bonds. The van der Waals surface area contributed by atoms with E-state index in [1.165, 1.54) is 6.92 Å². The molecule has 8 heteroatoms. The van der Waals surface area contributed by atoms with Gasteiger partial charge in [-0.05, 0) is 18.6 Å². The summed E-state index contributed by atoms with van der Waals surface area (Å²) in [4.78, 5) is 47.0. The third kappa shape index (κ3) is 3.85. The minimum atomic E-state index is -0.223. The predicted molar refractivity (Wildman–Crippen MR) is 105 cm³/mol. The molecule has 150 valence electrons. The average Bonchev–Trinajstić information content (AvgIpc) is 3.10. The number of nitrogens with zero attached hydrogens (tertiary/aromatic N) is 5. The van der Waals surface area contributed by atoms with E-state index in [1.807, 2.05) is 12.1 Å². The number of hydrogen-bond acceptors (Lipinski definition) is 4. The topological polar surface area (TPSA) is 78.2 Å². The van der Waals surface area contributed by atoms with Crippen LogP contribution in [-0.2, 0) is 4.79 Å². The van der Waals surface area contributed by atoms with Crippen molar-refractivity contribution in [2.24, 2.45) is 0 Å². The minimum Gasteiger partial charge on any atom is -0.340 e. The molecule has 1 saturated heterocycles. The Bertz CT molecular complexity index is 883. The number of aromatic nitrogens is 2. The predicted octanol–water partition coefficient (Wildman–Crippen LogP) is 1.51. The van der Waals surface area contributed by atoms with Crippen LogP contribution in [0.4, 0.5) is 0 Å². The Morgan fingerprint density at radius 2 is 1.79 bits per heavy atom. The number of amides is 3. The van der Waals surface area contributed by atoms with E-state index in [0.29, 0.717) is 43.9 Å². The van der Waals surface area contributed by atoms with Gasteiger partial charge in [0.25, 0.3) is 11.8 Å². The van der Waals surface area contributed by atoms with Gasteiger partial charge >= 0.3 is 0 Å². The molecule has 0 N–H and O–H groups in total. The van der Waals surface area contributed by atoms with Gasteiger partial charge in [0.15, 0.2) is 5.69 Å². The van der Waals surface area contributed by atoms with Crippen molar-refractivity contribution in [3.63, 3.8) is 0 Å². The Balaban J connectivity index is 1.87. The first-order valence-electron chi connectivity index (χ1n) is 9.71. The van der Waals surface area contributed by atoms with Crippen molar-refractivity contribution in [3.8, 4) is 0 Å². The van der Waals surface area contributed by atoms with Gasteiger partial charge in [-0.2, -0.15) is 0 Å². The van der Waals surface area contributed by atoms with Gasteiger partial charge in [-0.15, -0.1) is 0 Å². The van der Waals surface area contributed by atoms with E-state index in [4.69, 9.17) is 0 Å². The molecule has 0 radical (unpaired) electrons. The Labute approximate surface area is 164 Å². The number of fused-ring (bicyclic) bond motifs is 1. The highest BCUT2D eigenvalue weighted by Crippen LogP contribution is 2.17. The van der Waals surface area contributed by atoms with Crippen LogP contribution < -0.4 is 0 Å². The Kier molecular flexibility index (Phi) is 5.96. The summed E-state index contributed by atoms with van der Waals surface area (Å²) in [5.41, 5.74) is 0.923. The summed E-state index contributed by atoms with van der Waals surface area (Å²) in [6.45, 7) is 6.20. The molecule has 8 nitrogen and oxygen atoms in total. The first kappa shape index (κ1) is 19.9. The summed E-state index contributed by atoms with van der Waals surface area (Å²) in [7, 11) is 1.76. The zero-order chi connectivity index (χ0) is 20.3. The molecule has 0 unspecified atom stereocenters. The van der Waals surface area contributed by atoms with E-state index in [-0.39, 0.29) is 23.5 Å². The number of piperazine rings is 1. The lowest BCUT2D eigenvalue weighted by Crippen LogP contribution is -2.50. The van der Waals surface area contributed by atoms with Crippen molar-refractivity contribution in [3.05, 3.63) is 35.9 Å². The van der Waals surface area contributed by atoms with Crippen LogP contribution in [-0.4, -0.2) is 81.6 Å². The van der Waals surface area contributed by atoms with Gasteiger partial charge in [0.05, 0.1) is 5.52 Å². The molecule has 2 aromatic heterocycles. The summed E-state index contributed by atoms with van der Waals surface area (Å²) in [5, 5.41) is 0. The maximum atomic E-state index is 13.1. The lowest BCUT2D eigenvalue weighted by atomic mass is 10.2. The summed E-state index contributed by atoms with van der Waals surface area (Å²) in [6.07, 6.45) is 3.67. The fourth-order valence-corrected chi connectivity index (χ4v) is 3.39. The second-order valence-electron chi connectivity index (χ2n) is 7.12. The van der Waals surface area contributed by atoms with Crippen LogP contribution in [0.25, 0.3) is 5.52 Å². The summed E-state index contributed by atoms with van der Waals surface area (Å²) in [6, 6.07) is 5.45. The quantitative estimate of drug-likeness (QED) is 0.782. The van der Waals surface area contributed by atoms with Gasteiger partial charge in [-0.3, -0.25) is 18.8 Å². The molecule has 1 aliphatic rings. The van der Waals surface area contributed by atoms with Crippen molar-refractivity contribution in [2.45, 2.75) is 26.7 Å². The lowest BCUT2D eigenvalue weighted by Gasteiger charge is -2.33. The summed E-state index contributed by atoms with van der Waals surface area (Å²) < 4.78 is 1.68. The second kappa shape index (κ2) is 8.41. The van der Waals surface area contributed by atoms with Gasteiger partial charge in [0, 0.05) is 52.9 Å². The molecular formula is C20H27N5O3. The van der Waals surface area contributed by atoms with Crippen LogP contribution in [0.5, 0.6) is 0 Å². The number of pyridine rings is 1. The molecule has 0 atom stereocenters. The molecule has 3 heterocycles. The fraction of sp³-hybridized carbons (Fsp3) is 0.500. The van der Waals surface area contributed by atoms with Gasteiger partial charge in [-0.25, -0.2) is 4.98 Å². The van der Waals surface area contributed by atoms with E-state index >= 15 is 0 Å². The molecule has 0 aliphatic carbocycles. The molecule has 1 fully saturated rings. The summed E-state index contributed by atoms with van der Waals surface area (Å²) in [5.74, 6) is -0.155. The van der Waals surface area contributed by atoms with Crippen LogP contribution in [0.15, 0.2) is 24.4 Å². The maximum Gasteiger partial charge on any atom is 0.290 e.